The zero-order valence-electron chi connectivity index (χ0n) is 15.8. The standard InChI is InChI=1S/C20H30N2O4/c1-3-5-6-10-20(25)11-13-22(14-12-20)19(24)21-17-9-7-8-16(15-17)18(23)26-4-2/h7-9,15,25H,3-6,10-14H2,1-2H3,(H,21,24). The zero-order valence-corrected chi connectivity index (χ0v) is 15.8. The number of likely N-dealkylation sites (tertiary alicyclic amines) is 1. The molecule has 2 amide bonds. The predicted octanol–water partition coefficient (Wildman–Crippen LogP) is 3.80. The summed E-state index contributed by atoms with van der Waals surface area (Å²) in [7, 11) is 0. The van der Waals surface area contributed by atoms with Crippen molar-refractivity contribution in [3.8, 4) is 0 Å². The molecule has 0 unspecified atom stereocenters. The lowest BCUT2D eigenvalue weighted by Gasteiger charge is -2.38. The van der Waals surface area contributed by atoms with E-state index in [1.165, 1.54) is 0 Å². The maximum atomic E-state index is 12.5. The average molecular weight is 362 g/mol. The summed E-state index contributed by atoms with van der Waals surface area (Å²) < 4.78 is 4.98. The van der Waals surface area contributed by atoms with Crippen LogP contribution in [0.25, 0.3) is 0 Å². The van der Waals surface area contributed by atoms with Crippen LogP contribution in [0.3, 0.4) is 0 Å². The fraction of sp³-hybridized carbons (Fsp3) is 0.600. The smallest absolute Gasteiger partial charge is 0.338 e. The summed E-state index contributed by atoms with van der Waals surface area (Å²) in [6.45, 7) is 5.28. The second-order valence-corrected chi connectivity index (χ2v) is 6.90. The monoisotopic (exact) mass is 362 g/mol. The van der Waals surface area contributed by atoms with E-state index in [0.29, 0.717) is 43.8 Å². The van der Waals surface area contributed by atoms with E-state index in [0.717, 1.165) is 25.7 Å². The number of nitrogens with one attached hydrogen (secondary N) is 1. The van der Waals surface area contributed by atoms with Crippen LogP contribution in [0, 0.1) is 0 Å². The van der Waals surface area contributed by atoms with Gasteiger partial charge in [-0.1, -0.05) is 32.3 Å². The summed E-state index contributed by atoms with van der Waals surface area (Å²) in [6, 6.07) is 6.52. The number of hydrogen-bond acceptors (Lipinski definition) is 4. The number of aliphatic hydroxyl groups is 1. The van der Waals surface area contributed by atoms with Crippen molar-refractivity contribution in [3.63, 3.8) is 0 Å². The molecule has 6 heteroatoms. The van der Waals surface area contributed by atoms with Crippen LogP contribution < -0.4 is 5.32 Å². The third-order valence-corrected chi connectivity index (χ3v) is 4.85. The highest BCUT2D eigenvalue weighted by atomic mass is 16.5. The lowest BCUT2D eigenvalue weighted by molar-refractivity contribution is -0.0196. The van der Waals surface area contributed by atoms with E-state index in [1.54, 1.807) is 36.1 Å². The summed E-state index contributed by atoms with van der Waals surface area (Å²) in [4.78, 5) is 26.0. The molecule has 144 valence electrons. The topological polar surface area (TPSA) is 78.9 Å². The first-order chi connectivity index (χ1) is 12.5. The molecule has 0 bridgehead atoms. The fourth-order valence-corrected chi connectivity index (χ4v) is 3.22. The Hall–Kier alpha value is -2.08. The molecule has 0 atom stereocenters. The van der Waals surface area contributed by atoms with Gasteiger partial charge in [0.2, 0.25) is 0 Å². The number of carbonyl (C=O) groups excluding carboxylic acids is 2. The van der Waals surface area contributed by atoms with Gasteiger partial charge in [-0.3, -0.25) is 0 Å². The minimum atomic E-state index is -0.643. The number of rotatable bonds is 7. The van der Waals surface area contributed by atoms with Crippen molar-refractivity contribution in [1.82, 2.24) is 4.90 Å². The quantitative estimate of drug-likeness (QED) is 0.571. The number of unbranched alkanes of at least 4 members (excludes halogenated alkanes) is 2. The summed E-state index contributed by atoms with van der Waals surface area (Å²) in [6.07, 6.45) is 5.30. The van der Waals surface area contributed by atoms with Gasteiger partial charge in [0, 0.05) is 18.8 Å². The summed E-state index contributed by atoms with van der Waals surface area (Å²) in [5.41, 5.74) is 0.327. The Labute approximate surface area is 155 Å². The highest BCUT2D eigenvalue weighted by Gasteiger charge is 2.33. The Morgan fingerprint density at radius 3 is 2.62 bits per heavy atom. The lowest BCUT2D eigenvalue weighted by Crippen LogP contribution is -2.48. The van der Waals surface area contributed by atoms with E-state index in [4.69, 9.17) is 4.74 Å². The van der Waals surface area contributed by atoms with Gasteiger partial charge in [0.05, 0.1) is 17.8 Å². The van der Waals surface area contributed by atoms with Crippen molar-refractivity contribution in [2.24, 2.45) is 0 Å². The normalized spacial score (nSPS) is 16.2. The Bertz CT molecular complexity index is 610. The first kappa shape index (κ1) is 20.2. The van der Waals surface area contributed by atoms with Gasteiger partial charge in [-0.05, 0) is 44.4 Å². The fourth-order valence-electron chi connectivity index (χ4n) is 3.22. The minimum absolute atomic E-state index is 0.207. The van der Waals surface area contributed by atoms with Crippen molar-refractivity contribution in [1.29, 1.82) is 0 Å². The van der Waals surface area contributed by atoms with E-state index in [-0.39, 0.29) is 6.03 Å². The van der Waals surface area contributed by atoms with Gasteiger partial charge in [-0.25, -0.2) is 9.59 Å². The van der Waals surface area contributed by atoms with Gasteiger partial charge < -0.3 is 20.1 Å². The number of piperidine rings is 1. The van der Waals surface area contributed by atoms with Crippen LogP contribution in [-0.4, -0.2) is 47.3 Å². The van der Waals surface area contributed by atoms with Crippen LogP contribution in [0.15, 0.2) is 24.3 Å². The molecule has 6 nitrogen and oxygen atoms in total. The molecule has 0 aliphatic carbocycles. The maximum absolute atomic E-state index is 12.5. The number of ether oxygens (including phenoxy) is 1. The molecule has 1 aromatic carbocycles. The van der Waals surface area contributed by atoms with E-state index >= 15 is 0 Å². The third-order valence-electron chi connectivity index (χ3n) is 4.85. The maximum Gasteiger partial charge on any atom is 0.338 e. The second-order valence-electron chi connectivity index (χ2n) is 6.90. The number of urea groups is 1. The first-order valence-electron chi connectivity index (χ1n) is 9.53. The number of nitrogens with zero attached hydrogens (tertiary/aromatic N) is 1. The SMILES string of the molecule is CCCCCC1(O)CCN(C(=O)Nc2cccc(C(=O)OCC)c2)CC1. The van der Waals surface area contributed by atoms with Crippen LogP contribution in [0.5, 0.6) is 0 Å². The molecule has 26 heavy (non-hydrogen) atoms. The molecule has 0 saturated carbocycles. The van der Waals surface area contributed by atoms with Gasteiger partial charge >= 0.3 is 12.0 Å². The van der Waals surface area contributed by atoms with Crippen LogP contribution >= 0.6 is 0 Å². The molecule has 2 N–H and O–H groups in total. The van der Waals surface area contributed by atoms with Crippen LogP contribution in [-0.2, 0) is 4.74 Å². The van der Waals surface area contributed by atoms with Crippen LogP contribution in [0.2, 0.25) is 0 Å². The first-order valence-corrected chi connectivity index (χ1v) is 9.53. The van der Waals surface area contributed by atoms with Gasteiger partial charge in [-0.15, -0.1) is 0 Å². The number of carbonyl (C=O) groups is 2. The Kier molecular flexibility index (Phi) is 7.45. The van der Waals surface area contributed by atoms with Gasteiger partial charge in [0.25, 0.3) is 0 Å². The number of anilines is 1. The number of esters is 1. The van der Waals surface area contributed by atoms with E-state index in [2.05, 4.69) is 12.2 Å². The largest absolute Gasteiger partial charge is 0.462 e. The molecule has 1 saturated heterocycles. The number of benzene rings is 1. The van der Waals surface area contributed by atoms with Crippen molar-refractivity contribution in [2.75, 3.05) is 25.0 Å². The molecule has 1 aliphatic rings. The molecule has 1 aromatic rings. The average Bonchev–Trinajstić information content (AvgIpc) is 2.63. The molecule has 1 aliphatic heterocycles. The number of amides is 2. The van der Waals surface area contributed by atoms with E-state index in [1.807, 2.05) is 0 Å². The van der Waals surface area contributed by atoms with E-state index in [9.17, 15) is 14.7 Å². The molecular weight excluding hydrogens is 332 g/mol. The summed E-state index contributed by atoms with van der Waals surface area (Å²) >= 11 is 0. The van der Waals surface area contributed by atoms with Gasteiger partial charge in [0.15, 0.2) is 0 Å². The predicted molar refractivity (Wildman–Crippen MR) is 101 cm³/mol. The third kappa shape index (κ3) is 5.73. The molecule has 2 rings (SSSR count). The van der Waals surface area contributed by atoms with Crippen molar-refractivity contribution >= 4 is 17.7 Å². The second kappa shape index (κ2) is 9.57. The van der Waals surface area contributed by atoms with E-state index < -0.39 is 11.6 Å². The Morgan fingerprint density at radius 2 is 1.96 bits per heavy atom. The lowest BCUT2D eigenvalue weighted by atomic mass is 9.86. The van der Waals surface area contributed by atoms with Crippen molar-refractivity contribution in [3.05, 3.63) is 29.8 Å². The molecule has 0 radical (unpaired) electrons. The van der Waals surface area contributed by atoms with Crippen molar-refractivity contribution in [2.45, 2.75) is 58.0 Å². The van der Waals surface area contributed by atoms with Gasteiger partial charge in [0.1, 0.15) is 0 Å². The highest BCUT2D eigenvalue weighted by molar-refractivity contribution is 5.94. The molecule has 0 spiro atoms. The van der Waals surface area contributed by atoms with Crippen molar-refractivity contribution < 1.29 is 19.4 Å². The van der Waals surface area contributed by atoms with Gasteiger partial charge in [-0.2, -0.15) is 0 Å². The Balaban J connectivity index is 1.87. The minimum Gasteiger partial charge on any atom is -0.462 e. The van der Waals surface area contributed by atoms with Crippen LogP contribution in [0.4, 0.5) is 10.5 Å². The highest BCUT2D eigenvalue weighted by Crippen LogP contribution is 2.28. The molecule has 1 heterocycles. The molecular formula is C20H30N2O4. The van der Waals surface area contributed by atoms with Crippen LogP contribution in [0.1, 0.15) is 62.7 Å². The molecule has 1 fully saturated rings. The molecule has 0 aromatic heterocycles. The summed E-state index contributed by atoms with van der Waals surface area (Å²) in [5, 5.41) is 13.5. The summed E-state index contributed by atoms with van der Waals surface area (Å²) in [5.74, 6) is -0.404. The Morgan fingerprint density at radius 1 is 1.23 bits per heavy atom. The zero-order chi connectivity index (χ0) is 19.0. The number of hydrogen-bond donors (Lipinski definition) is 2.